The number of carboxylic acid groups (broad SMARTS) is 1. The van der Waals surface area contributed by atoms with Gasteiger partial charge in [-0.3, -0.25) is 4.79 Å². The van der Waals surface area contributed by atoms with Crippen LogP contribution in [0, 0.1) is 0 Å². The molecule has 0 heterocycles. The molecule has 86 valence electrons. The van der Waals surface area contributed by atoms with Gasteiger partial charge in [0.2, 0.25) is 5.91 Å². The van der Waals surface area contributed by atoms with Crippen molar-refractivity contribution in [2.75, 3.05) is 5.32 Å². The van der Waals surface area contributed by atoms with Gasteiger partial charge in [0, 0.05) is 0 Å². The van der Waals surface area contributed by atoms with E-state index in [1.54, 1.807) is 18.2 Å². The summed E-state index contributed by atoms with van der Waals surface area (Å²) in [5, 5.41) is 11.5. The molecule has 0 aliphatic rings. The molecule has 0 saturated heterocycles. The number of carboxylic acids is 1. The Labute approximate surface area is 102 Å². The number of aromatic carboxylic acids is 1. The third kappa shape index (κ3) is 3.06. The number of halogens is 1. The number of amides is 1. The molecular weight excluding hydrogens is 274 g/mol. The fourth-order valence-electron chi connectivity index (χ4n) is 1.18. The first-order chi connectivity index (χ1) is 7.56. The first-order valence-electron chi connectivity index (χ1n) is 4.83. The van der Waals surface area contributed by atoms with E-state index in [9.17, 15) is 9.59 Å². The summed E-state index contributed by atoms with van der Waals surface area (Å²) in [6.45, 7) is 1.86. The van der Waals surface area contributed by atoms with E-state index in [4.69, 9.17) is 5.11 Å². The molecular formula is C11H12BrNO3. The van der Waals surface area contributed by atoms with Crippen LogP contribution < -0.4 is 5.32 Å². The summed E-state index contributed by atoms with van der Waals surface area (Å²) in [6.07, 6.45) is 0.640. The van der Waals surface area contributed by atoms with Gasteiger partial charge in [-0.1, -0.05) is 35.0 Å². The topological polar surface area (TPSA) is 66.4 Å². The molecule has 0 aromatic heterocycles. The summed E-state index contributed by atoms with van der Waals surface area (Å²) in [5.74, 6) is -1.30. The van der Waals surface area contributed by atoms with Gasteiger partial charge in [0.15, 0.2) is 0 Å². The Morgan fingerprint density at radius 1 is 1.44 bits per heavy atom. The van der Waals surface area contributed by atoms with E-state index < -0.39 is 5.97 Å². The molecule has 0 bridgehead atoms. The second-order valence-electron chi connectivity index (χ2n) is 3.22. The number of hydrogen-bond acceptors (Lipinski definition) is 2. The average molecular weight is 286 g/mol. The van der Waals surface area contributed by atoms with Crippen LogP contribution >= 0.6 is 15.9 Å². The minimum Gasteiger partial charge on any atom is -0.478 e. The highest BCUT2D eigenvalue weighted by atomic mass is 79.9. The second kappa shape index (κ2) is 5.65. The molecule has 16 heavy (non-hydrogen) atoms. The average Bonchev–Trinajstić information content (AvgIpc) is 2.28. The zero-order chi connectivity index (χ0) is 12.1. The smallest absolute Gasteiger partial charge is 0.337 e. The van der Waals surface area contributed by atoms with Crippen molar-refractivity contribution in [3.8, 4) is 0 Å². The number of rotatable bonds is 4. The molecule has 1 aromatic rings. The number of alkyl halides is 1. The summed E-state index contributed by atoms with van der Waals surface area (Å²) in [5.41, 5.74) is 0.407. The van der Waals surface area contributed by atoms with E-state index in [2.05, 4.69) is 21.2 Å². The van der Waals surface area contributed by atoms with E-state index in [0.29, 0.717) is 12.1 Å². The Hall–Kier alpha value is -1.36. The van der Waals surface area contributed by atoms with Gasteiger partial charge in [-0.05, 0) is 18.6 Å². The van der Waals surface area contributed by atoms with Gasteiger partial charge >= 0.3 is 5.97 Å². The van der Waals surface area contributed by atoms with Crippen LogP contribution in [0.3, 0.4) is 0 Å². The lowest BCUT2D eigenvalue weighted by molar-refractivity contribution is -0.115. The Bertz CT molecular complexity index is 406. The van der Waals surface area contributed by atoms with Crippen molar-refractivity contribution in [1.82, 2.24) is 0 Å². The number of anilines is 1. The molecule has 0 saturated carbocycles. The summed E-state index contributed by atoms with van der Waals surface area (Å²) in [4.78, 5) is 22.1. The number of carbonyl (C=O) groups excluding carboxylic acids is 1. The van der Waals surface area contributed by atoms with Crippen molar-refractivity contribution >= 4 is 33.5 Å². The molecule has 0 aliphatic heterocycles. The quantitative estimate of drug-likeness (QED) is 0.836. The zero-order valence-corrected chi connectivity index (χ0v) is 10.3. The SMILES string of the molecule is CCC(Br)C(=O)Nc1ccccc1C(=O)O. The van der Waals surface area contributed by atoms with Gasteiger partial charge in [-0.25, -0.2) is 4.79 Å². The number of nitrogens with one attached hydrogen (secondary N) is 1. The molecule has 5 heteroatoms. The summed E-state index contributed by atoms with van der Waals surface area (Å²) >= 11 is 3.20. The Morgan fingerprint density at radius 2 is 2.06 bits per heavy atom. The van der Waals surface area contributed by atoms with E-state index in [-0.39, 0.29) is 16.3 Å². The molecule has 1 atom stereocenters. The lowest BCUT2D eigenvalue weighted by atomic mass is 10.1. The molecule has 1 aromatic carbocycles. The number of carbonyl (C=O) groups is 2. The molecule has 2 N–H and O–H groups in total. The molecule has 0 spiro atoms. The van der Waals surface area contributed by atoms with Gasteiger partial charge < -0.3 is 10.4 Å². The first-order valence-corrected chi connectivity index (χ1v) is 5.75. The van der Waals surface area contributed by atoms with Gasteiger partial charge in [0.25, 0.3) is 0 Å². The van der Waals surface area contributed by atoms with Crippen LogP contribution in [-0.2, 0) is 4.79 Å². The van der Waals surface area contributed by atoms with Crippen LogP contribution in [-0.4, -0.2) is 21.8 Å². The summed E-state index contributed by atoms with van der Waals surface area (Å²) in [7, 11) is 0. The highest BCUT2D eigenvalue weighted by Crippen LogP contribution is 2.16. The maximum Gasteiger partial charge on any atom is 0.337 e. The second-order valence-corrected chi connectivity index (χ2v) is 4.32. The van der Waals surface area contributed by atoms with Crippen LogP contribution in [0.15, 0.2) is 24.3 Å². The third-order valence-corrected chi connectivity index (χ3v) is 3.12. The lowest BCUT2D eigenvalue weighted by Crippen LogP contribution is -2.23. The van der Waals surface area contributed by atoms with Gasteiger partial charge in [0.05, 0.1) is 16.1 Å². The van der Waals surface area contributed by atoms with Gasteiger partial charge in [-0.15, -0.1) is 0 Å². The van der Waals surface area contributed by atoms with Crippen molar-refractivity contribution in [1.29, 1.82) is 0 Å². The van der Waals surface area contributed by atoms with Crippen molar-refractivity contribution in [3.63, 3.8) is 0 Å². The van der Waals surface area contributed by atoms with Crippen LogP contribution in [0.2, 0.25) is 0 Å². The molecule has 1 rings (SSSR count). The fourth-order valence-corrected chi connectivity index (χ4v) is 1.29. The van der Waals surface area contributed by atoms with Crippen LogP contribution in [0.4, 0.5) is 5.69 Å². The van der Waals surface area contributed by atoms with E-state index in [0.717, 1.165) is 0 Å². The van der Waals surface area contributed by atoms with Crippen molar-refractivity contribution in [2.24, 2.45) is 0 Å². The van der Waals surface area contributed by atoms with Crippen LogP contribution in [0.5, 0.6) is 0 Å². The zero-order valence-electron chi connectivity index (χ0n) is 8.74. The van der Waals surface area contributed by atoms with Gasteiger partial charge in [-0.2, -0.15) is 0 Å². The van der Waals surface area contributed by atoms with E-state index >= 15 is 0 Å². The number of para-hydroxylation sites is 1. The highest BCUT2D eigenvalue weighted by Gasteiger charge is 2.15. The van der Waals surface area contributed by atoms with Gasteiger partial charge in [0.1, 0.15) is 0 Å². The van der Waals surface area contributed by atoms with Crippen LogP contribution in [0.25, 0.3) is 0 Å². The predicted octanol–water partition coefficient (Wildman–Crippen LogP) is 2.50. The fraction of sp³-hybridized carbons (Fsp3) is 0.273. The predicted molar refractivity (Wildman–Crippen MR) is 65.0 cm³/mol. The Kier molecular flexibility index (Phi) is 4.49. The molecule has 1 amide bonds. The van der Waals surface area contributed by atoms with Crippen LogP contribution in [0.1, 0.15) is 23.7 Å². The first kappa shape index (κ1) is 12.7. The third-order valence-electron chi connectivity index (χ3n) is 2.06. The summed E-state index contributed by atoms with van der Waals surface area (Å²) in [6, 6.07) is 6.31. The van der Waals surface area contributed by atoms with Crippen molar-refractivity contribution < 1.29 is 14.7 Å². The molecule has 4 nitrogen and oxygen atoms in total. The van der Waals surface area contributed by atoms with Crippen molar-refractivity contribution in [2.45, 2.75) is 18.2 Å². The lowest BCUT2D eigenvalue weighted by Gasteiger charge is -2.10. The number of hydrogen-bond donors (Lipinski definition) is 2. The maximum absolute atomic E-state index is 11.6. The normalized spacial score (nSPS) is 11.9. The van der Waals surface area contributed by atoms with E-state index in [1.165, 1.54) is 6.07 Å². The maximum atomic E-state index is 11.6. The largest absolute Gasteiger partial charge is 0.478 e. The molecule has 1 unspecified atom stereocenters. The molecule has 0 radical (unpaired) electrons. The van der Waals surface area contributed by atoms with Crippen molar-refractivity contribution in [3.05, 3.63) is 29.8 Å². The van der Waals surface area contributed by atoms with E-state index in [1.807, 2.05) is 6.92 Å². The summed E-state index contributed by atoms with van der Waals surface area (Å²) < 4.78 is 0. The standard InChI is InChI=1S/C11H12BrNO3/c1-2-8(12)10(14)13-9-6-4-3-5-7(9)11(15)16/h3-6,8H,2H2,1H3,(H,13,14)(H,15,16). The number of benzene rings is 1. The molecule has 0 fully saturated rings. The Morgan fingerprint density at radius 3 is 2.62 bits per heavy atom. The Balaban J connectivity index is 2.89. The monoisotopic (exact) mass is 285 g/mol. The minimum atomic E-state index is -1.06. The minimum absolute atomic E-state index is 0.0895. The molecule has 0 aliphatic carbocycles. The highest BCUT2D eigenvalue weighted by molar-refractivity contribution is 9.10.